The topological polar surface area (TPSA) is 32.3 Å². The number of hydrogen-bond acceptors (Lipinski definition) is 2. The lowest BCUT2D eigenvalue weighted by molar-refractivity contribution is -0.142. The van der Waals surface area contributed by atoms with Crippen LogP contribution >= 0.6 is 0 Å². The molecule has 2 atom stereocenters. The normalized spacial score (nSPS) is 31.6. The molecule has 2 rings (SSSR count). The van der Waals surface area contributed by atoms with Crippen LogP contribution < -0.4 is 5.32 Å². The molecular weight excluding hydrogens is 224 g/mol. The molecule has 18 heavy (non-hydrogen) atoms. The first-order valence-electron chi connectivity index (χ1n) is 7.51. The molecule has 1 saturated heterocycles. The second-order valence-electron chi connectivity index (χ2n) is 6.67. The smallest absolute Gasteiger partial charge is 0.226 e. The Morgan fingerprint density at radius 3 is 2.67 bits per heavy atom. The molecule has 1 aliphatic carbocycles. The van der Waals surface area contributed by atoms with Gasteiger partial charge in [-0.3, -0.25) is 4.79 Å². The molecule has 0 radical (unpaired) electrons. The van der Waals surface area contributed by atoms with E-state index in [2.05, 4.69) is 24.1 Å². The maximum Gasteiger partial charge on any atom is 0.226 e. The predicted molar refractivity (Wildman–Crippen MR) is 74.4 cm³/mol. The van der Waals surface area contributed by atoms with E-state index in [9.17, 15) is 4.79 Å². The first kappa shape index (κ1) is 13.9. The number of hydrogen-bond donors (Lipinski definition) is 1. The maximum absolute atomic E-state index is 12.8. The van der Waals surface area contributed by atoms with Gasteiger partial charge in [-0.15, -0.1) is 0 Å². The van der Waals surface area contributed by atoms with Crippen molar-refractivity contribution in [2.45, 2.75) is 58.4 Å². The lowest BCUT2D eigenvalue weighted by Gasteiger charge is -2.39. The largest absolute Gasteiger partial charge is 0.338 e. The molecule has 3 nitrogen and oxygen atoms in total. The lowest BCUT2D eigenvalue weighted by atomic mass is 9.80. The van der Waals surface area contributed by atoms with Gasteiger partial charge in [0.2, 0.25) is 5.91 Å². The first-order valence-corrected chi connectivity index (χ1v) is 7.51. The van der Waals surface area contributed by atoms with E-state index in [-0.39, 0.29) is 11.3 Å². The Hall–Kier alpha value is -0.570. The highest BCUT2D eigenvalue weighted by Gasteiger charge is 2.42. The number of rotatable bonds is 3. The van der Waals surface area contributed by atoms with Crippen molar-refractivity contribution >= 4 is 5.91 Å². The molecule has 0 aromatic heterocycles. The lowest BCUT2D eigenvalue weighted by Crippen LogP contribution is -2.51. The van der Waals surface area contributed by atoms with E-state index in [4.69, 9.17) is 0 Å². The summed E-state index contributed by atoms with van der Waals surface area (Å²) < 4.78 is 0. The van der Waals surface area contributed by atoms with Crippen molar-refractivity contribution in [2.75, 3.05) is 20.1 Å². The zero-order valence-corrected chi connectivity index (χ0v) is 12.2. The molecule has 1 saturated carbocycles. The van der Waals surface area contributed by atoms with Crippen LogP contribution in [0.2, 0.25) is 0 Å². The van der Waals surface area contributed by atoms with Gasteiger partial charge in [-0.1, -0.05) is 20.3 Å². The molecule has 1 N–H and O–H groups in total. The van der Waals surface area contributed by atoms with Gasteiger partial charge in [0, 0.05) is 25.0 Å². The summed E-state index contributed by atoms with van der Waals surface area (Å²) in [6.45, 7) is 6.44. The zero-order valence-electron chi connectivity index (χ0n) is 12.2. The van der Waals surface area contributed by atoms with E-state index in [0.717, 1.165) is 19.5 Å². The molecule has 104 valence electrons. The van der Waals surface area contributed by atoms with Gasteiger partial charge in [0.15, 0.2) is 0 Å². The van der Waals surface area contributed by atoms with Crippen LogP contribution in [0.5, 0.6) is 0 Å². The third-order valence-corrected chi connectivity index (χ3v) is 4.91. The molecule has 2 fully saturated rings. The molecule has 1 amide bonds. The number of amides is 1. The minimum absolute atomic E-state index is 0.207. The zero-order chi connectivity index (χ0) is 13.2. The van der Waals surface area contributed by atoms with Gasteiger partial charge in [0.1, 0.15) is 0 Å². The molecule has 0 aromatic carbocycles. The van der Waals surface area contributed by atoms with Crippen molar-refractivity contribution < 1.29 is 4.79 Å². The number of nitrogens with zero attached hydrogens (tertiary/aromatic N) is 1. The van der Waals surface area contributed by atoms with E-state index < -0.39 is 0 Å². The number of carbonyl (C=O) groups excluding carboxylic acids is 1. The Bertz CT molecular complexity index is 299. The Balaban J connectivity index is 2.06. The van der Waals surface area contributed by atoms with Gasteiger partial charge in [0.25, 0.3) is 0 Å². The van der Waals surface area contributed by atoms with E-state index in [1.807, 2.05) is 7.05 Å². The van der Waals surface area contributed by atoms with E-state index in [0.29, 0.717) is 11.9 Å². The molecule has 0 bridgehead atoms. The molecule has 0 aromatic rings. The second kappa shape index (κ2) is 5.60. The third kappa shape index (κ3) is 2.71. The summed E-state index contributed by atoms with van der Waals surface area (Å²) in [6.07, 6.45) is 7.12. The van der Waals surface area contributed by atoms with Crippen LogP contribution in [-0.4, -0.2) is 37.0 Å². The van der Waals surface area contributed by atoms with E-state index in [1.165, 1.54) is 32.1 Å². The summed E-state index contributed by atoms with van der Waals surface area (Å²) in [5, 5.41) is 3.24. The SMILES string of the molecule is CNCC1CCCCN1C(=O)C1CCCC1(C)C. The second-order valence-corrected chi connectivity index (χ2v) is 6.67. The summed E-state index contributed by atoms with van der Waals surface area (Å²) in [5.74, 6) is 0.687. The fourth-order valence-electron chi connectivity index (χ4n) is 3.72. The van der Waals surface area contributed by atoms with Crippen molar-refractivity contribution in [2.24, 2.45) is 11.3 Å². The first-order chi connectivity index (χ1) is 8.56. The monoisotopic (exact) mass is 252 g/mol. The number of carbonyl (C=O) groups is 1. The van der Waals surface area contributed by atoms with E-state index >= 15 is 0 Å². The Morgan fingerprint density at radius 1 is 1.28 bits per heavy atom. The van der Waals surface area contributed by atoms with Crippen molar-refractivity contribution in [3.05, 3.63) is 0 Å². The van der Waals surface area contributed by atoms with Gasteiger partial charge in [-0.25, -0.2) is 0 Å². The standard InChI is InChI=1S/C15H28N2O/c1-15(2)9-6-8-13(15)14(18)17-10-5-4-7-12(17)11-16-3/h12-13,16H,4-11H2,1-3H3. The molecule has 2 aliphatic rings. The molecule has 2 unspecified atom stereocenters. The van der Waals surface area contributed by atoms with Crippen molar-refractivity contribution in [3.8, 4) is 0 Å². The highest BCUT2D eigenvalue weighted by molar-refractivity contribution is 5.80. The van der Waals surface area contributed by atoms with Crippen molar-refractivity contribution in [1.29, 1.82) is 0 Å². The van der Waals surface area contributed by atoms with Crippen molar-refractivity contribution in [3.63, 3.8) is 0 Å². The summed E-state index contributed by atoms with van der Waals surface area (Å²) in [6, 6.07) is 0.424. The minimum Gasteiger partial charge on any atom is -0.338 e. The van der Waals surface area contributed by atoms with Crippen LogP contribution in [0.1, 0.15) is 52.4 Å². The average molecular weight is 252 g/mol. The predicted octanol–water partition coefficient (Wildman–Crippen LogP) is 2.41. The van der Waals surface area contributed by atoms with Gasteiger partial charge in [-0.05, 0) is 44.6 Å². The van der Waals surface area contributed by atoms with Crippen LogP contribution in [0, 0.1) is 11.3 Å². The van der Waals surface area contributed by atoms with Crippen LogP contribution in [0.25, 0.3) is 0 Å². The average Bonchev–Trinajstić information content (AvgIpc) is 2.69. The summed E-state index contributed by atoms with van der Waals surface area (Å²) >= 11 is 0. The Morgan fingerprint density at radius 2 is 2.06 bits per heavy atom. The minimum atomic E-state index is 0.207. The fraction of sp³-hybridized carbons (Fsp3) is 0.933. The van der Waals surface area contributed by atoms with Gasteiger partial charge >= 0.3 is 0 Å². The van der Waals surface area contributed by atoms with Gasteiger partial charge in [0.05, 0.1) is 0 Å². The molecule has 0 spiro atoms. The highest BCUT2D eigenvalue weighted by Crippen LogP contribution is 2.44. The number of piperidine rings is 1. The van der Waals surface area contributed by atoms with Gasteiger partial charge in [-0.2, -0.15) is 0 Å². The van der Waals surface area contributed by atoms with Crippen molar-refractivity contribution in [1.82, 2.24) is 10.2 Å². The number of likely N-dealkylation sites (N-methyl/N-ethyl adjacent to an activating group) is 1. The molecule has 1 heterocycles. The molecule has 1 aliphatic heterocycles. The van der Waals surface area contributed by atoms with E-state index in [1.54, 1.807) is 0 Å². The van der Waals surface area contributed by atoms with Crippen LogP contribution in [0.15, 0.2) is 0 Å². The third-order valence-electron chi connectivity index (χ3n) is 4.91. The van der Waals surface area contributed by atoms with Crippen LogP contribution in [0.3, 0.4) is 0 Å². The maximum atomic E-state index is 12.8. The summed E-state index contributed by atoms with van der Waals surface area (Å²) in [5.41, 5.74) is 0.207. The van der Waals surface area contributed by atoms with Crippen LogP contribution in [-0.2, 0) is 4.79 Å². The molecule has 3 heteroatoms. The summed E-state index contributed by atoms with van der Waals surface area (Å²) in [4.78, 5) is 15.0. The number of likely N-dealkylation sites (tertiary alicyclic amines) is 1. The highest BCUT2D eigenvalue weighted by atomic mass is 16.2. The summed E-state index contributed by atoms with van der Waals surface area (Å²) in [7, 11) is 1.98. The Labute approximate surface area is 111 Å². The fourth-order valence-corrected chi connectivity index (χ4v) is 3.72. The van der Waals surface area contributed by atoms with Gasteiger partial charge < -0.3 is 10.2 Å². The van der Waals surface area contributed by atoms with Crippen LogP contribution in [0.4, 0.5) is 0 Å². The Kier molecular flexibility index (Phi) is 4.31. The quantitative estimate of drug-likeness (QED) is 0.836. The number of nitrogens with one attached hydrogen (secondary N) is 1. The molecular formula is C15H28N2O.